The van der Waals surface area contributed by atoms with Crippen LogP contribution >= 0.6 is 0 Å². The Hall–Kier alpha value is -3.54. The Morgan fingerprint density at radius 2 is 1.68 bits per heavy atom. The van der Waals surface area contributed by atoms with E-state index >= 15 is 0 Å². The number of allylic oxidation sites excluding steroid dienone is 3. The molecular formula is C31H35NO5. The van der Waals surface area contributed by atoms with E-state index < -0.39 is 5.92 Å². The summed E-state index contributed by atoms with van der Waals surface area (Å²) >= 11 is 0. The number of aryl methyl sites for hydroxylation is 1. The van der Waals surface area contributed by atoms with Gasteiger partial charge in [-0.1, -0.05) is 30.3 Å². The Kier molecular flexibility index (Phi) is 7.09. The summed E-state index contributed by atoms with van der Waals surface area (Å²) in [5, 5.41) is 3.46. The molecule has 6 nitrogen and oxygen atoms in total. The fourth-order valence-corrected chi connectivity index (χ4v) is 6.09. The minimum absolute atomic E-state index is 0.00383. The van der Waals surface area contributed by atoms with E-state index in [0.29, 0.717) is 35.5 Å². The fraction of sp³-hybridized carbons (Fsp3) is 0.419. The lowest BCUT2D eigenvalue weighted by Crippen LogP contribution is -2.36. The van der Waals surface area contributed by atoms with Crippen LogP contribution in [0.1, 0.15) is 74.0 Å². The van der Waals surface area contributed by atoms with Gasteiger partial charge in [0.25, 0.3) is 0 Å². The van der Waals surface area contributed by atoms with Gasteiger partial charge in [-0.2, -0.15) is 0 Å². The maximum Gasteiger partial charge on any atom is 0.337 e. The van der Waals surface area contributed by atoms with Crippen LogP contribution in [0.5, 0.6) is 11.5 Å². The van der Waals surface area contributed by atoms with E-state index in [4.69, 9.17) is 14.2 Å². The Morgan fingerprint density at radius 3 is 2.38 bits per heavy atom. The summed E-state index contributed by atoms with van der Waals surface area (Å²) in [6, 6.07) is 13.9. The van der Waals surface area contributed by atoms with Crippen LogP contribution in [0.15, 0.2) is 65.0 Å². The van der Waals surface area contributed by atoms with Gasteiger partial charge in [0.2, 0.25) is 0 Å². The van der Waals surface area contributed by atoms with E-state index in [0.717, 1.165) is 53.8 Å². The van der Waals surface area contributed by atoms with Crippen molar-refractivity contribution in [3.8, 4) is 11.5 Å². The molecule has 2 atom stereocenters. The minimum atomic E-state index is -0.440. The number of ether oxygens (including phenoxy) is 3. The Labute approximate surface area is 218 Å². The van der Waals surface area contributed by atoms with Gasteiger partial charge in [-0.3, -0.25) is 4.79 Å². The Morgan fingerprint density at radius 1 is 0.946 bits per heavy atom. The number of rotatable bonds is 6. The summed E-state index contributed by atoms with van der Waals surface area (Å²) in [4.78, 5) is 27.5. The van der Waals surface area contributed by atoms with Crippen LogP contribution in [0, 0.1) is 6.92 Å². The molecule has 0 amide bonds. The molecule has 3 aliphatic rings. The SMILES string of the molecule is COc1ccc(C2CC(=O)C3=C(C2)NC(C)=C(C(=O)OC2CCCC2)C3c2ccccc2C)cc1OC. The van der Waals surface area contributed by atoms with Crippen molar-refractivity contribution in [1.29, 1.82) is 0 Å². The number of hydrogen-bond donors (Lipinski definition) is 1. The zero-order valence-electron chi connectivity index (χ0n) is 22.1. The highest BCUT2D eigenvalue weighted by Crippen LogP contribution is 2.47. The molecule has 0 saturated heterocycles. The summed E-state index contributed by atoms with van der Waals surface area (Å²) in [5.74, 6) is 0.607. The molecule has 1 fully saturated rings. The number of dihydropyridines is 1. The molecular weight excluding hydrogens is 466 g/mol. The monoisotopic (exact) mass is 501 g/mol. The van der Waals surface area contributed by atoms with E-state index in [1.807, 2.05) is 56.3 Å². The van der Waals surface area contributed by atoms with Gasteiger partial charge in [-0.15, -0.1) is 0 Å². The van der Waals surface area contributed by atoms with E-state index in [1.54, 1.807) is 14.2 Å². The number of esters is 1. The molecule has 5 rings (SSSR count). The van der Waals surface area contributed by atoms with Crippen LogP contribution in [0.3, 0.4) is 0 Å². The Balaban J connectivity index is 1.54. The number of hydrogen-bond acceptors (Lipinski definition) is 6. The van der Waals surface area contributed by atoms with Crippen molar-refractivity contribution in [3.05, 3.63) is 81.7 Å². The number of benzene rings is 2. The van der Waals surface area contributed by atoms with Crippen LogP contribution in [0.4, 0.5) is 0 Å². The van der Waals surface area contributed by atoms with E-state index in [-0.39, 0.29) is 23.8 Å². The third-order valence-electron chi connectivity index (χ3n) is 8.00. The maximum atomic E-state index is 13.9. The minimum Gasteiger partial charge on any atom is -0.493 e. The van der Waals surface area contributed by atoms with Crippen molar-refractivity contribution in [2.24, 2.45) is 0 Å². The Bertz CT molecular complexity index is 1280. The van der Waals surface area contributed by atoms with Gasteiger partial charge in [0.1, 0.15) is 6.10 Å². The molecule has 1 aliphatic heterocycles. The van der Waals surface area contributed by atoms with Crippen LogP contribution in [0.2, 0.25) is 0 Å². The molecule has 1 N–H and O–H groups in total. The summed E-state index contributed by atoms with van der Waals surface area (Å²) in [6.45, 7) is 3.96. The van der Waals surface area contributed by atoms with Crippen LogP contribution in [0.25, 0.3) is 0 Å². The molecule has 37 heavy (non-hydrogen) atoms. The second kappa shape index (κ2) is 10.4. The second-order valence-electron chi connectivity index (χ2n) is 10.3. The van der Waals surface area contributed by atoms with Gasteiger partial charge in [0.05, 0.1) is 19.8 Å². The first-order valence-corrected chi connectivity index (χ1v) is 13.1. The summed E-state index contributed by atoms with van der Waals surface area (Å²) in [5.41, 5.74) is 5.95. The van der Waals surface area contributed by atoms with E-state index in [1.165, 1.54) is 0 Å². The van der Waals surface area contributed by atoms with Gasteiger partial charge in [-0.25, -0.2) is 4.79 Å². The van der Waals surface area contributed by atoms with Crippen LogP contribution in [-0.4, -0.2) is 32.1 Å². The average molecular weight is 502 g/mol. The predicted molar refractivity (Wildman–Crippen MR) is 142 cm³/mol. The first-order chi connectivity index (χ1) is 17.9. The first-order valence-electron chi connectivity index (χ1n) is 13.1. The summed E-state index contributed by atoms with van der Waals surface area (Å²) in [6.07, 6.45) is 4.96. The molecule has 1 saturated carbocycles. The number of ketones is 1. The lowest BCUT2D eigenvalue weighted by molar-refractivity contribution is -0.144. The highest BCUT2D eigenvalue weighted by atomic mass is 16.5. The van der Waals surface area contributed by atoms with E-state index in [2.05, 4.69) is 5.32 Å². The second-order valence-corrected chi connectivity index (χ2v) is 10.3. The number of carbonyl (C=O) groups is 2. The predicted octanol–water partition coefficient (Wildman–Crippen LogP) is 5.86. The molecule has 0 spiro atoms. The fourth-order valence-electron chi connectivity index (χ4n) is 6.09. The summed E-state index contributed by atoms with van der Waals surface area (Å²) < 4.78 is 16.9. The highest BCUT2D eigenvalue weighted by Gasteiger charge is 2.42. The van der Waals surface area contributed by atoms with Gasteiger partial charge < -0.3 is 19.5 Å². The number of Topliss-reactive ketones (excluding diaryl/α,β-unsaturated/α-hetero) is 1. The topological polar surface area (TPSA) is 73.9 Å². The molecule has 6 heteroatoms. The van der Waals surface area contributed by atoms with Crippen molar-refractivity contribution in [3.63, 3.8) is 0 Å². The van der Waals surface area contributed by atoms with Crippen molar-refractivity contribution in [2.45, 2.75) is 70.3 Å². The van der Waals surface area contributed by atoms with Crippen LogP contribution < -0.4 is 14.8 Å². The molecule has 2 aliphatic carbocycles. The number of methoxy groups -OCH3 is 2. The molecule has 0 bridgehead atoms. The molecule has 0 aromatic heterocycles. The standard InChI is InChI=1S/C31H35NO5/c1-18-9-5-8-12-23(18)29-28(31(34)37-22-10-6-7-11-22)19(2)32-24-15-21(16-25(33)30(24)29)20-13-14-26(35-3)27(17-20)36-4/h5,8-9,12-14,17,21-22,29,32H,6-7,10-11,15-16H2,1-4H3. The average Bonchev–Trinajstić information content (AvgIpc) is 3.40. The number of carbonyl (C=O) groups excluding carboxylic acids is 2. The molecule has 1 heterocycles. The number of nitrogens with one attached hydrogen (secondary N) is 1. The normalized spacial score (nSPS) is 22.0. The quantitative estimate of drug-likeness (QED) is 0.500. The molecule has 194 valence electrons. The molecule has 2 aromatic carbocycles. The van der Waals surface area contributed by atoms with Gasteiger partial charge >= 0.3 is 5.97 Å². The molecule has 0 radical (unpaired) electrons. The molecule has 2 aromatic rings. The highest BCUT2D eigenvalue weighted by molar-refractivity contribution is 6.04. The maximum absolute atomic E-state index is 13.9. The smallest absolute Gasteiger partial charge is 0.337 e. The first kappa shape index (κ1) is 25.1. The van der Waals surface area contributed by atoms with Gasteiger partial charge in [-0.05, 0) is 80.7 Å². The lowest BCUT2D eigenvalue weighted by atomic mass is 9.71. The van der Waals surface area contributed by atoms with E-state index in [9.17, 15) is 9.59 Å². The third-order valence-corrected chi connectivity index (χ3v) is 8.00. The zero-order chi connectivity index (χ0) is 26.1. The largest absolute Gasteiger partial charge is 0.493 e. The van der Waals surface area contributed by atoms with Crippen LogP contribution in [-0.2, 0) is 14.3 Å². The van der Waals surface area contributed by atoms with Gasteiger partial charge in [0, 0.05) is 29.3 Å². The summed E-state index contributed by atoms with van der Waals surface area (Å²) in [7, 11) is 3.23. The van der Waals surface area contributed by atoms with Crippen molar-refractivity contribution in [2.75, 3.05) is 14.2 Å². The third kappa shape index (κ3) is 4.77. The van der Waals surface area contributed by atoms with Crippen molar-refractivity contribution in [1.82, 2.24) is 5.32 Å². The lowest BCUT2D eigenvalue weighted by Gasteiger charge is -2.37. The molecule has 2 unspecified atom stereocenters. The van der Waals surface area contributed by atoms with Crippen molar-refractivity contribution >= 4 is 11.8 Å². The zero-order valence-corrected chi connectivity index (χ0v) is 22.1. The van der Waals surface area contributed by atoms with Gasteiger partial charge in [0.15, 0.2) is 17.3 Å². The van der Waals surface area contributed by atoms with Crippen molar-refractivity contribution < 1.29 is 23.8 Å².